The van der Waals surface area contributed by atoms with E-state index in [0.717, 1.165) is 38.7 Å². The number of amides is 1. The number of para-hydroxylation sites is 1. The highest BCUT2D eigenvalue weighted by molar-refractivity contribution is 5.83. The Hall–Kier alpha value is -4.19. The van der Waals surface area contributed by atoms with Crippen LogP contribution >= 0.6 is 0 Å². The molecule has 1 atom stereocenters. The van der Waals surface area contributed by atoms with Crippen molar-refractivity contribution in [3.63, 3.8) is 0 Å². The first kappa shape index (κ1) is 21.6. The minimum atomic E-state index is -0.886. The molecule has 1 heterocycles. The molecule has 34 heavy (non-hydrogen) atoms. The van der Waals surface area contributed by atoms with Crippen molar-refractivity contribution < 1.29 is 19.1 Å². The highest BCUT2D eigenvalue weighted by Crippen LogP contribution is 2.44. The Bertz CT molecular complexity index is 1320. The summed E-state index contributed by atoms with van der Waals surface area (Å²) in [6.45, 7) is 0.172. The predicted molar refractivity (Wildman–Crippen MR) is 129 cm³/mol. The lowest BCUT2D eigenvalue weighted by molar-refractivity contribution is -0.143. The van der Waals surface area contributed by atoms with Crippen molar-refractivity contribution in [1.29, 1.82) is 0 Å². The molecule has 3 aromatic carbocycles. The number of carbonyl (C=O) groups is 2. The minimum Gasteiger partial charge on any atom is -0.467 e. The molecule has 0 aliphatic heterocycles. The number of fused-ring (bicyclic) bond motifs is 4. The maximum absolute atomic E-state index is 12.7. The number of pyridine rings is 1. The molecule has 1 aliphatic rings. The predicted octanol–water partition coefficient (Wildman–Crippen LogP) is 4.86. The van der Waals surface area contributed by atoms with E-state index >= 15 is 0 Å². The zero-order valence-corrected chi connectivity index (χ0v) is 18.7. The Morgan fingerprint density at radius 1 is 0.941 bits per heavy atom. The fraction of sp³-hybridized carbons (Fsp3) is 0.179. The standard InChI is InChI=1S/C28H24N2O4/c1-33-27(31)26(15-18-14-19-8-2-7-13-25(19)29-16-18)30-28(32)34-17-24-22-11-5-3-9-20(22)21-10-4-6-12-23(21)24/h2-14,16,24,26H,15,17H2,1H3,(H,30,32)/t26-/m0/s1. The first-order chi connectivity index (χ1) is 16.6. The van der Waals surface area contributed by atoms with Gasteiger partial charge in [-0.1, -0.05) is 66.7 Å². The molecule has 0 unspecified atom stereocenters. The number of ether oxygens (including phenoxy) is 2. The van der Waals surface area contributed by atoms with Gasteiger partial charge in [0.1, 0.15) is 12.6 Å². The summed E-state index contributed by atoms with van der Waals surface area (Å²) in [4.78, 5) is 29.5. The number of nitrogens with zero attached hydrogens (tertiary/aromatic N) is 1. The van der Waals surface area contributed by atoms with Crippen molar-refractivity contribution in [2.24, 2.45) is 0 Å². The van der Waals surface area contributed by atoms with Crippen molar-refractivity contribution in [2.75, 3.05) is 13.7 Å². The lowest BCUT2D eigenvalue weighted by Gasteiger charge is -2.18. The van der Waals surface area contributed by atoms with Gasteiger partial charge >= 0.3 is 12.1 Å². The average molecular weight is 453 g/mol. The summed E-state index contributed by atoms with van der Waals surface area (Å²) in [5, 5.41) is 3.64. The van der Waals surface area contributed by atoms with Crippen LogP contribution in [-0.4, -0.2) is 36.8 Å². The quantitative estimate of drug-likeness (QED) is 0.423. The van der Waals surface area contributed by atoms with Gasteiger partial charge in [-0.2, -0.15) is 0 Å². The van der Waals surface area contributed by atoms with E-state index in [9.17, 15) is 9.59 Å². The Morgan fingerprint density at radius 2 is 1.59 bits per heavy atom. The van der Waals surface area contributed by atoms with Crippen molar-refractivity contribution in [3.8, 4) is 11.1 Å². The Kier molecular flexibility index (Phi) is 5.95. The zero-order valence-electron chi connectivity index (χ0n) is 18.7. The third kappa shape index (κ3) is 4.22. The number of hydrogen-bond donors (Lipinski definition) is 1. The number of aromatic nitrogens is 1. The monoisotopic (exact) mass is 452 g/mol. The smallest absolute Gasteiger partial charge is 0.407 e. The lowest BCUT2D eigenvalue weighted by Crippen LogP contribution is -2.43. The van der Waals surface area contributed by atoms with Gasteiger partial charge in [0, 0.05) is 23.9 Å². The molecular weight excluding hydrogens is 428 g/mol. The topological polar surface area (TPSA) is 77.5 Å². The summed E-state index contributed by atoms with van der Waals surface area (Å²) in [5.41, 5.74) is 6.25. The molecule has 0 saturated carbocycles. The van der Waals surface area contributed by atoms with Crippen LogP contribution in [0.5, 0.6) is 0 Å². The second kappa shape index (κ2) is 9.35. The minimum absolute atomic E-state index is 0.0561. The van der Waals surface area contributed by atoms with Gasteiger partial charge in [0.05, 0.1) is 12.6 Å². The van der Waals surface area contributed by atoms with E-state index in [1.807, 2.05) is 54.6 Å². The van der Waals surface area contributed by atoms with Gasteiger partial charge in [-0.15, -0.1) is 0 Å². The zero-order chi connectivity index (χ0) is 23.5. The highest BCUT2D eigenvalue weighted by atomic mass is 16.6. The van der Waals surface area contributed by atoms with Gasteiger partial charge in [0.2, 0.25) is 0 Å². The number of rotatable bonds is 6. The molecule has 1 aromatic heterocycles. The third-order valence-electron chi connectivity index (χ3n) is 6.21. The summed E-state index contributed by atoms with van der Waals surface area (Å²) < 4.78 is 10.5. The fourth-order valence-corrected chi connectivity index (χ4v) is 4.58. The number of alkyl carbamates (subject to hydrolysis) is 1. The SMILES string of the molecule is COC(=O)[C@H](Cc1cnc2ccccc2c1)NC(=O)OCC1c2ccccc2-c2ccccc21. The molecule has 1 amide bonds. The van der Waals surface area contributed by atoms with Crippen LogP contribution < -0.4 is 5.32 Å². The molecule has 1 N–H and O–H groups in total. The number of hydrogen-bond acceptors (Lipinski definition) is 5. The largest absolute Gasteiger partial charge is 0.467 e. The van der Waals surface area contributed by atoms with E-state index in [-0.39, 0.29) is 18.9 Å². The Labute approximate surface area is 197 Å². The summed E-state index contributed by atoms with van der Waals surface area (Å²) in [6, 6.07) is 25.1. The number of carbonyl (C=O) groups excluding carboxylic acids is 2. The number of nitrogens with one attached hydrogen (secondary N) is 1. The first-order valence-corrected chi connectivity index (χ1v) is 11.2. The van der Waals surface area contributed by atoms with Crippen LogP contribution in [0.25, 0.3) is 22.0 Å². The van der Waals surface area contributed by atoms with E-state index in [1.54, 1.807) is 6.20 Å². The molecular formula is C28H24N2O4. The van der Waals surface area contributed by atoms with Crippen LogP contribution in [0.3, 0.4) is 0 Å². The van der Waals surface area contributed by atoms with E-state index in [0.29, 0.717) is 0 Å². The molecule has 0 fully saturated rings. The highest BCUT2D eigenvalue weighted by Gasteiger charge is 2.30. The summed E-state index contributed by atoms with van der Waals surface area (Å²) >= 11 is 0. The molecule has 0 spiro atoms. The molecule has 6 heteroatoms. The van der Waals surface area contributed by atoms with Crippen LogP contribution in [0.2, 0.25) is 0 Å². The van der Waals surface area contributed by atoms with E-state index in [1.165, 1.54) is 7.11 Å². The molecule has 4 aromatic rings. The van der Waals surface area contributed by atoms with Crippen LogP contribution in [0.15, 0.2) is 85.1 Å². The van der Waals surface area contributed by atoms with Gasteiger partial charge in [-0.05, 0) is 39.9 Å². The van der Waals surface area contributed by atoms with Gasteiger partial charge in [0.15, 0.2) is 0 Å². The van der Waals surface area contributed by atoms with Crippen LogP contribution in [-0.2, 0) is 20.7 Å². The summed E-state index contributed by atoms with van der Waals surface area (Å²) in [7, 11) is 1.30. The van der Waals surface area contributed by atoms with Gasteiger partial charge in [0.25, 0.3) is 0 Å². The summed E-state index contributed by atoms with van der Waals surface area (Å²) in [6.07, 6.45) is 1.29. The number of esters is 1. The maximum Gasteiger partial charge on any atom is 0.407 e. The maximum atomic E-state index is 12.7. The molecule has 1 aliphatic carbocycles. The van der Waals surface area contributed by atoms with Crippen molar-refractivity contribution >= 4 is 23.0 Å². The van der Waals surface area contributed by atoms with E-state index in [2.05, 4.69) is 34.6 Å². The second-order valence-corrected chi connectivity index (χ2v) is 8.29. The molecule has 0 radical (unpaired) electrons. The van der Waals surface area contributed by atoms with Crippen molar-refractivity contribution in [3.05, 3.63) is 102 Å². The van der Waals surface area contributed by atoms with Gasteiger partial charge < -0.3 is 14.8 Å². The third-order valence-corrected chi connectivity index (χ3v) is 6.21. The van der Waals surface area contributed by atoms with Crippen LogP contribution in [0, 0.1) is 0 Å². The van der Waals surface area contributed by atoms with Crippen molar-refractivity contribution in [1.82, 2.24) is 10.3 Å². The number of methoxy groups -OCH3 is 1. The molecule has 0 saturated heterocycles. The molecule has 0 bridgehead atoms. The lowest BCUT2D eigenvalue weighted by atomic mass is 9.98. The fourth-order valence-electron chi connectivity index (χ4n) is 4.58. The Morgan fingerprint density at radius 3 is 2.29 bits per heavy atom. The first-order valence-electron chi connectivity index (χ1n) is 11.2. The van der Waals surface area contributed by atoms with Crippen molar-refractivity contribution in [2.45, 2.75) is 18.4 Å². The average Bonchev–Trinajstić information content (AvgIpc) is 3.20. The molecule has 170 valence electrons. The van der Waals surface area contributed by atoms with E-state index in [4.69, 9.17) is 9.47 Å². The Balaban J connectivity index is 1.28. The van der Waals surface area contributed by atoms with Crippen LogP contribution in [0.4, 0.5) is 4.79 Å². The summed E-state index contributed by atoms with van der Waals surface area (Å²) in [5.74, 6) is -0.596. The molecule has 5 rings (SSSR count). The molecule has 6 nitrogen and oxygen atoms in total. The van der Waals surface area contributed by atoms with Crippen LogP contribution in [0.1, 0.15) is 22.6 Å². The van der Waals surface area contributed by atoms with Gasteiger partial charge in [-0.25, -0.2) is 9.59 Å². The van der Waals surface area contributed by atoms with Gasteiger partial charge in [-0.3, -0.25) is 4.98 Å². The number of benzene rings is 3. The van der Waals surface area contributed by atoms with E-state index < -0.39 is 18.1 Å². The second-order valence-electron chi connectivity index (χ2n) is 8.29. The normalized spacial score (nSPS) is 13.1.